The molecule has 0 aromatic heterocycles. The molecule has 0 spiro atoms. The summed E-state index contributed by atoms with van der Waals surface area (Å²) in [6, 6.07) is 10.9. The summed E-state index contributed by atoms with van der Waals surface area (Å²) in [5, 5.41) is 2.87. The van der Waals surface area contributed by atoms with E-state index in [1.165, 1.54) is 0 Å². The van der Waals surface area contributed by atoms with E-state index in [0.29, 0.717) is 17.0 Å². The fourth-order valence-electron chi connectivity index (χ4n) is 2.12. The van der Waals surface area contributed by atoms with Crippen LogP contribution in [0.15, 0.2) is 36.4 Å². The highest BCUT2D eigenvalue weighted by Gasteiger charge is 2.09. The lowest BCUT2D eigenvalue weighted by atomic mass is 10.1. The summed E-state index contributed by atoms with van der Waals surface area (Å²) < 4.78 is 5.11. The Kier molecular flexibility index (Phi) is 3.94. The van der Waals surface area contributed by atoms with E-state index < -0.39 is 0 Å². The molecule has 0 saturated heterocycles. The first-order valence-corrected chi connectivity index (χ1v) is 6.32. The molecule has 0 saturated carbocycles. The van der Waals surface area contributed by atoms with Gasteiger partial charge in [0.15, 0.2) is 0 Å². The van der Waals surface area contributed by atoms with Gasteiger partial charge in [-0.3, -0.25) is 4.79 Å². The number of carbonyl (C=O) groups excluding carboxylic acids is 1. The van der Waals surface area contributed by atoms with Gasteiger partial charge in [-0.2, -0.15) is 0 Å². The van der Waals surface area contributed by atoms with Crippen LogP contribution in [-0.2, 0) is 0 Å². The number of amides is 1. The van der Waals surface area contributed by atoms with Gasteiger partial charge in [0.1, 0.15) is 5.75 Å². The number of nitrogens with two attached hydrogens (primary N) is 1. The lowest BCUT2D eigenvalue weighted by Crippen LogP contribution is -2.12. The highest BCUT2D eigenvalue weighted by molar-refractivity contribution is 6.05. The Morgan fingerprint density at radius 2 is 1.70 bits per heavy atom. The van der Waals surface area contributed by atoms with Crippen LogP contribution >= 0.6 is 0 Å². The van der Waals surface area contributed by atoms with Crippen LogP contribution in [0.2, 0.25) is 0 Å². The minimum absolute atomic E-state index is 0.208. The zero-order chi connectivity index (χ0) is 14.7. The molecule has 4 heteroatoms. The smallest absolute Gasteiger partial charge is 0.255 e. The van der Waals surface area contributed by atoms with Crippen LogP contribution in [-0.4, -0.2) is 13.0 Å². The van der Waals surface area contributed by atoms with E-state index in [2.05, 4.69) is 11.4 Å². The molecule has 2 aromatic carbocycles. The second-order valence-corrected chi connectivity index (χ2v) is 4.83. The lowest BCUT2D eigenvalue weighted by molar-refractivity contribution is 0.102. The molecule has 0 atom stereocenters. The van der Waals surface area contributed by atoms with Crippen LogP contribution in [0.1, 0.15) is 21.5 Å². The molecule has 20 heavy (non-hydrogen) atoms. The van der Waals surface area contributed by atoms with Gasteiger partial charge in [0, 0.05) is 23.0 Å². The Hall–Kier alpha value is -2.49. The topological polar surface area (TPSA) is 64.3 Å². The van der Waals surface area contributed by atoms with Crippen LogP contribution in [0, 0.1) is 13.8 Å². The van der Waals surface area contributed by atoms with Gasteiger partial charge >= 0.3 is 0 Å². The zero-order valence-corrected chi connectivity index (χ0v) is 11.9. The van der Waals surface area contributed by atoms with Gasteiger partial charge in [0.2, 0.25) is 0 Å². The van der Waals surface area contributed by atoms with E-state index in [9.17, 15) is 4.79 Å². The van der Waals surface area contributed by atoms with E-state index in [-0.39, 0.29) is 5.91 Å². The van der Waals surface area contributed by atoms with E-state index in [0.717, 1.165) is 16.8 Å². The Bertz CT molecular complexity index is 631. The van der Waals surface area contributed by atoms with Gasteiger partial charge in [-0.15, -0.1) is 0 Å². The van der Waals surface area contributed by atoms with Crippen molar-refractivity contribution in [3.8, 4) is 5.75 Å². The largest absolute Gasteiger partial charge is 0.497 e. The highest BCUT2D eigenvalue weighted by atomic mass is 16.5. The first-order valence-electron chi connectivity index (χ1n) is 6.32. The molecule has 0 aliphatic rings. The zero-order valence-electron chi connectivity index (χ0n) is 11.9. The quantitative estimate of drug-likeness (QED) is 0.842. The van der Waals surface area contributed by atoms with Crippen LogP contribution in [0.25, 0.3) is 0 Å². The molecule has 0 aliphatic carbocycles. The first kappa shape index (κ1) is 13.9. The molecule has 0 radical (unpaired) electrons. The molecule has 4 nitrogen and oxygen atoms in total. The standard InChI is InChI=1S/C16H18N2O2/c1-10-4-11(2)6-14(5-10)18-16(19)12-7-13(17)9-15(8-12)20-3/h4-9H,17H2,1-3H3,(H,18,19). The number of benzene rings is 2. The van der Waals surface area contributed by atoms with Crippen molar-refractivity contribution in [2.45, 2.75) is 13.8 Å². The number of hydrogen-bond donors (Lipinski definition) is 2. The summed E-state index contributed by atoms with van der Waals surface area (Å²) in [4.78, 5) is 12.2. The van der Waals surface area contributed by atoms with Gasteiger partial charge in [0.05, 0.1) is 7.11 Å². The van der Waals surface area contributed by atoms with Crippen molar-refractivity contribution in [1.29, 1.82) is 0 Å². The summed E-state index contributed by atoms with van der Waals surface area (Å²) in [6.45, 7) is 3.98. The number of anilines is 2. The summed E-state index contributed by atoms with van der Waals surface area (Å²) in [5.74, 6) is 0.358. The Balaban J connectivity index is 2.25. The summed E-state index contributed by atoms with van der Waals surface area (Å²) in [7, 11) is 1.54. The van der Waals surface area contributed by atoms with Crippen molar-refractivity contribution in [2.75, 3.05) is 18.2 Å². The third-order valence-electron chi connectivity index (χ3n) is 2.91. The average molecular weight is 270 g/mol. The van der Waals surface area contributed by atoms with Crippen LogP contribution in [0.5, 0.6) is 5.75 Å². The monoisotopic (exact) mass is 270 g/mol. The van der Waals surface area contributed by atoms with E-state index in [1.54, 1.807) is 25.3 Å². The van der Waals surface area contributed by atoms with Crippen molar-refractivity contribution in [3.63, 3.8) is 0 Å². The summed E-state index contributed by atoms with van der Waals surface area (Å²) >= 11 is 0. The van der Waals surface area contributed by atoms with Gasteiger partial charge in [-0.25, -0.2) is 0 Å². The van der Waals surface area contributed by atoms with Crippen LogP contribution in [0.3, 0.4) is 0 Å². The Morgan fingerprint density at radius 3 is 2.30 bits per heavy atom. The molecule has 104 valence electrons. The number of nitrogen functional groups attached to an aromatic ring is 1. The molecule has 2 aromatic rings. The number of ether oxygens (including phenoxy) is 1. The highest BCUT2D eigenvalue weighted by Crippen LogP contribution is 2.20. The molecular weight excluding hydrogens is 252 g/mol. The maximum absolute atomic E-state index is 12.2. The number of carbonyl (C=O) groups is 1. The molecule has 0 aliphatic heterocycles. The number of aryl methyl sites for hydroxylation is 2. The van der Waals surface area contributed by atoms with Gasteiger partial charge < -0.3 is 15.8 Å². The van der Waals surface area contributed by atoms with Gasteiger partial charge in [0.25, 0.3) is 5.91 Å². The molecule has 2 rings (SSSR count). The SMILES string of the molecule is COc1cc(N)cc(C(=O)Nc2cc(C)cc(C)c2)c1. The molecule has 0 heterocycles. The van der Waals surface area contributed by atoms with Crippen molar-refractivity contribution >= 4 is 17.3 Å². The predicted molar refractivity (Wildman–Crippen MR) is 81.3 cm³/mol. The average Bonchev–Trinajstić information content (AvgIpc) is 2.36. The van der Waals surface area contributed by atoms with Crippen molar-refractivity contribution in [2.24, 2.45) is 0 Å². The molecule has 0 fully saturated rings. The molecule has 3 N–H and O–H groups in total. The van der Waals surface area contributed by atoms with E-state index in [4.69, 9.17) is 10.5 Å². The minimum atomic E-state index is -0.208. The molecular formula is C16H18N2O2. The van der Waals surface area contributed by atoms with Crippen molar-refractivity contribution in [1.82, 2.24) is 0 Å². The third-order valence-corrected chi connectivity index (χ3v) is 2.91. The number of nitrogens with one attached hydrogen (secondary N) is 1. The van der Waals surface area contributed by atoms with Crippen LogP contribution < -0.4 is 15.8 Å². The van der Waals surface area contributed by atoms with E-state index in [1.807, 2.05) is 26.0 Å². The van der Waals surface area contributed by atoms with Gasteiger partial charge in [-0.05, 0) is 49.2 Å². The number of hydrogen-bond acceptors (Lipinski definition) is 3. The van der Waals surface area contributed by atoms with Crippen molar-refractivity contribution in [3.05, 3.63) is 53.1 Å². The van der Waals surface area contributed by atoms with E-state index >= 15 is 0 Å². The fraction of sp³-hybridized carbons (Fsp3) is 0.188. The molecule has 1 amide bonds. The summed E-state index contributed by atoms with van der Waals surface area (Å²) in [5.41, 5.74) is 9.70. The molecule has 0 bridgehead atoms. The first-order chi connectivity index (χ1) is 9.47. The Morgan fingerprint density at radius 1 is 1.05 bits per heavy atom. The van der Waals surface area contributed by atoms with Crippen LogP contribution in [0.4, 0.5) is 11.4 Å². The van der Waals surface area contributed by atoms with Crippen molar-refractivity contribution < 1.29 is 9.53 Å². The second-order valence-electron chi connectivity index (χ2n) is 4.83. The third kappa shape index (κ3) is 3.29. The summed E-state index contributed by atoms with van der Waals surface area (Å²) in [6.07, 6.45) is 0. The molecule has 0 unspecified atom stereocenters. The lowest BCUT2D eigenvalue weighted by Gasteiger charge is -2.09. The number of rotatable bonds is 3. The second kappa shape index (κ2) is 5.65. The maximum Gasteiger partial charge on any atom is 0.255 e. The minimum Gasteiger partial charge on any atom is -0.497 e. The maximum atomic E-state index is 12.2. The number of methoxy groups -OCH3 is 1. The predicted octanol–water partition coefficient (Wildman–Crippen LogP) is 3.15. The normalized spacial score (nSPS) is 10.2. The Labute approximate surface area is 118 Å². The van der Waals surface area contributed by atoms with Gasteiger partial charge in [-0.1, -0.05) is 6.07 Å². The fourth-order valence-corrected chi connectivity index (χ4v) is 2.12.